The Morgan fingerprint density at radius 2 is 1.74 bits per heavy atom. The summed E-state index contributed by atoms with van der Waals surface area (Å²) in [7, 11) is 0. The summed E-state index contributed by atoms with van der Waals surface area (Å²) in [5, 5.41) is 5.79. The van der Waals surface area contributed by atoms with E-state index < -0.39 is 0 Å². The predicted octanol–water partition coefficient (Wildman–Crippen LogP) is 3.45. The van der Waals surface area contributed by atoms with Crippen molar-refractivity contribution in [2.24, 2.45) is 0 Å². The van der Waals surface area contributed by atoms with E-state index in [1.54, 1.807) is 0 Å². The van der Waals surface area contributed by atoms with Gasteiger partial charge in [-0.3, -0.25) is 9.78 Å². The number of aryl methyl sites for hydroxylation is 2. The number of aromatic nitrogens is 1. The van der Waals surface area contributed by atoms with Crippen LogP contribution >= 0.6 is 0 Å². The Kier molecular flexibility index (Phi) is 8.00. The van der Waals surface area contributed by atoms with Crippen LogP contribution in [-0.2, 0) is 0 Å². The van der Waals surface area contributed by atoms with Crippen molar-refractivity contribution in [3.05, 3.63) is 59.4 Å². The van der Waals surface area contributed by atoms with Crippen LogP contribution < -0.4 is 10.6 Å². The summed E-state index contributed by atoms with van der Waals surface area (Å²) >= 11 is 0. The van der Waals surface area contributed by atoms with Crippen molar-refractivity contribution >= 4 is 17.6 Å². The van der Waals surface area contributed by atoms with Gasteiger partial charge in [0, 0.05) is 61.4 Å². The number of carbonyl (C=O) groups excluding carboxylic acids is 2. The Bertz CT molecular complexity index is 859. The Morgan fingerprint density at radius 3 is 2.35 bits per heavy atom. The molecule has 0 saturated carbocycles. The van der Waals surface area contributed by atoms with Gasteiger partial charge in [-0.05, 0) is 57.9 Å². The van der Waals surface area contributed by atoms with Gasteiger partial charge in [0.05, 0.1) is 0 Å². The zero-order valence-electron chi connectivity index (χ0n) is 18.7. The number of hydrogen-bond donors (Lipinski definition) is 2. The molecule has 0 bridgehead atoms. The number of hydrogen-bond acceptors (Lipinski definition) is 4. The minimum absolute atomic E-state index is 0.112. The van der Waals surface area contributed by atoms with Gasteiger partial charge in [0.25, 0.3) is 5.91 Å². The minimum Gasteiger partial charge on any atom is -0.337 e. The van der Waals surface area contributed by atoms with Gasteiger partial charge in [0.15, 0.2) is 0 Å². The Morgan fingerprint density at radius 1 is 1.10 bits per heavy atom. The number of carbonyl (C=O) groups is 2. The van der Waals surface area contributed by atoms with Crippen molar-refractivity contribution in [3.63, 3.8) is 0 Å². The molecule has 0 spiro atoms. The number of nitrogens with zero attached hydrogens (tertiary/aromatic N) is 3. The van der Waals surface area contributed by atoms with Gasteiger partial charge in [-0.2, -0.15) is 0 Å². The zero-order valence-corrected chi connectivity index (χ0v) is 18.7. The Hall–Kier alpha value is -2.93. The molecule has 1 aromatic heterocycles. The first kappa shape index (κ1) is 22.7. The number of urea groups is 1. The summed E-state index contributed by atoms with van der Waals surface area (Å²) in [5.41, 5.74) is 3.27. The van der Waals surface area contributed by atoms with Crippen LogP contribution in [0.5, 0.6) is 0 Å². The molecule has 0 unspecified atom stereocenters. The molecular formula is C24H33N5O2. The van der Waals surface area contributed by atoms with Crippen LogP contribution in [0.25, 0.3) is 0 Å². The van der Waals surface area contributed by atoms with Crippen molar-refractivity contribution in [2.45, 2.75) is 39.7 Å². The number of piperidine rings is 1. The van der Waals surface area contributed by atoms with Crippen LogP contribution in [-0.4, -0.2) is 65.5 Å². The molecule has 2 N–H and O–H groups in total. The number of likely N-dealkylation sites (tertiary alicyclic amines) is 1. The summed E-state index contributed by atoms with van der Waals surface area (Å²) in [5.74, 6) is 0.112. The van der Waals surface area contributed by atoms with E-state index in [1.807, 2.05) is 68.1 Å². The van der Waals surface area contributed by atoms with Crippen molar-refractivity contribution in [2.75, 3.05) is 38.0 Å². The normalized spacial score (nSPS) is 14.8. The van der Waals surface area contributed by atoms with Crippen molar-refractivity contribution in [1.29, 1.82) is 0 Å². The number of nitrogens with one attached hydrogen (secondary N) is 2. The lowest BCUT2D eigenvalue weighted by atomic mass is 10.0. The van der Waals surface area contributed by atoms with Crippen LogP contribution in [0.3, 0.4) is 0 Å². The fraction of sp³-hybridized carbons (Fsp3) is 0.458. The summed E-state index contributed by atoms with van der Waals surface area (Å²) in [6, 6.07) is 13.3. The molecule has 166 valence electrons. The van der Waals surface area contributed by atoms with Crippen LogP contribution in [0.15, 0.2) is 42.5 Å². The van der Waals surface area contributed by atoms with E-state index in [0.29, 0.717) is 13.1 Å². The van der Waals surface area contributed by atoms with Gasteiger partial charge in [-0.15, -0.1) is 0 Å². The lowest BCUT2D eigenvalue weighted by molar-refractivity contribution is 0.0589. The summed E-state index contributed by atoms with van der Waals surface area (Å²) in [6.45, 7) is 9.81. The van der Waals surface area contributed by atoms with Crippen molar-refractivity contribution < 1.29 is 9.59 Å². The van der Waals surface area contributed by atoms with E-state index in [0.717, 1.165) is 55.1 Å². The summed E-state index contributed by atoms with van der Waals surface area (Å²) < 4.78 is 0. The van der Waals surface area contributed by atoms with E-state index in [-0.39, 0.29) is 18.0 Å². The van der Waals surface area contributed by atoms with Gasteiger partial charge in [0.1, 0.15) is 0 Å². The fourth-order valence-electron chi connectivity index (χ4n) is 4.18. The smallest absolute Gasteiger partial charge is 0.319 e. The van der Waals surface area contributed by atoms with Gasteiger partial charge >= 0.3 is 6.03 Å². The number of amides is 3. The van der Waals surface area contributed by atoms with Gasteiger partial charge in [-0.1, -0.05) is 18.2 Å². The van der Waals surface area contributed by atoms with E-state index in [4.69, 9.17) is 0 Å². The number of benzene rings is 1. The van der Waals surface area contributed by atoms with E-state index in [9.17, 15) is 9.59 Å². The molecule has 1 aliphatic rings. The standard InChI is InChI=1S/C24H33N5O2/c1-4-29(23(30)20-8-6-5-7-9-20)22-10-13-28(14-11-22)15-12-25-24(31)27-21-16-18(2)26-19(3)17-21/h5-9,16-17,22H,4,10-15H2,1-3H3,(H2,25,26,27,31). The van der Waals surface area contributed by atoms with Gasteiger partial charge < -0.3 is 20.4 Å². The quantitative estimate of drug-likeness (QED) is 0.715. The molecule has 7 heteroatoms. The lowest BCUT2D eigenvalue weighted by Gasteiger charge is -2.38. The van der Waals surface area contributed by atoms with Gasteiger partial charge in [-0.25, -0.2) is 4.79 Å². The first-order chi connectivity index (χ1) is 15.0. The average molecular weight is 424 g/mol. The third kappa shape index (κ3) is 6.52. The molecule has 2 aromatic rings. The summed E-state index contributed by atoms with van der Waals surface area (Å²) in [6.07, 6.45) is 1.91. The molecule has 3 rings (SSSR count). The first-order valence-electron chi connectivity index (χ1n) is 11.0. The van der Waals surface area contributed by atoms with Crippen LogP contribution in [0.2, 0.25) is 0 Å². The second-order valence-corrected chi connectivity index (χ2v) is 8.05. The molecular weight excluding hydrogens is 390 g/mol. The fourth-order valence-corrected chi connectivity index (χ4v) is 4.18. The molecule has 3 amide bonds. The third-order valence-electron chi connectivity index (χ3n) is 5.67. The maximum absolute atomic E-state index is 12.8. The molecule has 1 aliphatic heterocycles. The highest BCUT2D eigenvalue weighted by Crippen LogP contribution is 2.19. The first-order valence-corrected chi connectivity index (χ1v) is 11.0. The second-order valence-electron chi connectivity index (χ2n) is 8.05. The van der Waals surface area contributed by atoms with Crippen molar-refractivity contribution in [1.82, 2.24) is 20.1 Å². The maximum atomic E-state index is 12.8. The zero-order chi connectivity index (χ0) is 22.2. The SMILES string of the molecule is CCN(C(=O)c1ccccc1)C1CCN(CCNC(=O)Nc2cc(C)nc(C)c2)CC1. The van der Waals surface area contributed by atoms with E-state index in [1.165, 1.54) is 0 Å². The van der Waals surface area contributed by atoms with E-state index >= 15 is 0 Å². The lowest BCUT2D eigenvalue weighted by Crippen LogP contribution is -2.48. The molecule has 7 nitrogen and oxygen atoms in total. The number of pyridine rings is 1. The number of rotatable bonds is 7. The van der Waals surface area contributed by atoms with E-state index in [2.05, 4.69) is 20.5 Å². The topological polar surface area (TPSA) is 77.6 Å². The predicted molar refractivity (Wildman–Crippen MR) is 123 cm³/mol. The van der Waals surface area contributed by atoms with Gasteiger partial charge in [0.2, 0.25) is 0 Å². The maximum Gasteiger partial charge on any atom is 0.319 e. The molecule has 0 atom stereocenters. The Balaban J connectivity index is 1.40. The second kappa shape index (κ2) is 10.9. The van der Waals surface area contributed by atoms with Crippen molar-refractivity contribution in [3.8, 4) is 0 Å². The monoisotopic (exact) mass is 423 g/mol. The molecule has 2 heterocycles. The molecule has 1 fully saturated rings. The third-order valence-corrected chi connectivity index (χ3v) is 5.67. The highest BCUT2D eigenvalue weighted by atomic mass is 16.2. The van der Waals surface area contributed by atoms with Crippen LogP contribution in [0.4, 0.5) is 10.5 Å². The largest absolute Gasteiger partial charge is 0.337 e. The molecule has 1 aromatic carbocycles. The summed E-state index contributed by atoms with van der Waals surface area (Å²) in [4.78, 5) is 33.7. The Labute approximate surface area is 184 Å². The number of anilines is 1. The molecule has 1 saturated heterocycles. The highest BCUT2D eigenvalue weighted by Gasteiger charge is 2.27. The van der Waals surface area contributed by atoms with Crippen LogP contribution in [0.1, 0.15) is 41.5 Å². The molecule has 31 heavy (non-hydrogen) atoms. The average Bonchev–Trinajstić information content (AvgIpc) is 2.75. The molecule has 0 aliphatic carbocycles. The molecule has 0 radical (unpaired) electrons. The minimum atomic E-state index is -0.203. The van der Waals surface area contributed by atoms with Crippen LogP contribution in [0, 0.1) is 13.8 Å². The highest BCUT2D eigenvalue weighted by molar-refractivity contribution is 5.94.